The molecule has 28 heavy (non-hydrogen) atoms. The predicted molar refractivity (Wildman–Crippen MR) is 106 cm³/mol. The Morgan fingerprint density at radius 2 is 1.96 bits per heavy atom. The Kier molecular flexibility index (Phi) is 6.15. The Labute approximate surface area is 165 Å². The van der Waals surface area contributed by atoms with Crippen LogP contribution in [0.3, 0.4) is 0 Å². The lowest BCUT2D eigenvalue weighted by Gasteiger charge is -2.35. The molecule has 0 aliphatic carbocycles. The van der Waals surface area contributed by atoms with Crippen molar-refractivity contribution in [3.05, 3.63) is 24.3 Å². The summed E-state index contributed by atoms with van der Waals surface area (Å²) in [4.78, 5) is 14.0. The molecule has 3 rings (SSSR count). The fourth-order valence-corrected chi connectivity index (χ4v) is 7.90. The van der Waals surface area contributed by atoms with Crippen LogP contribution >= 0.6 is 0 Å². The molecule has 2 heterocycles. The van der Waals surface area contributed by atoms with Crippen molar-refractivity contribution in [3.63, 3.8) is 0 Å². The van der Waals surface area contributed by atoms with Gasteiger partial charge in [0.1, 0.15) is 5.75 Å². The number of amides is 2. The summed E-state index contributed by atoms with van der Waals surface area (Å²) in [6.45, 7) is 3.21. The van der Waals surface area contributed by atoms with Gasteiger partial charge in [0.25, 0.3) is 0 Å². The minimum Gasteiger partial charge on any atom is -0.494 e. The topological polar surface area (TPSA) is 113 Å². The van der Waals surface area contributed by atoms with Crippen LogP contribution in [0, 0.1) is 0 Å². The fourth-order valence-electron chi connectivity index (χ4n) is 3.39. The smallest absolute Gasteiger partial charge is 0.321 e. The first-order valence-corrected chi connectivity index (χ1v) is 12.5. The van der Waals surface area contributed by atoms with Gasteiger partial charge >= 0.3 is 6.03 Å². The summed E-state index contributed by atoms with van der Waals surface area (Å²) in [5.41, 5.74) is 0.599. The van der Waals surface area contributed by atoms with E-state index in [0.717, 1.165) is 0 Å². The van der Waals surface area contributed by atoms with Gasteiger partial charge in [-0.05, 0) is 25.5 Å². The molecule has 0 bridgehead atoms. The third-order valence-corrected chi connectivity index (χ3v) is 9.20. The molecule has 0 radical (unpaired) electrons. The number of carbonyl (C=O) groups excluding carboxylic acids is 1. The number of carbonyl (C=O) groups is 1. The molecular formula is C17H25N3O6S2. The van der Waals surface area contributed by atoms with E-state index in [1.807, 2.05) is 6.92 Å². The number of nitrogens with zero attached hydrogens (tertiary/aromatic N) is 2. The molecule has 0 saturated carbocycles. The predicted octanol–water partition coefficient (Wildman–Crippen LogP) is 0.752. The summed E-state index contributed by atoms with van der Waals surface area (Å²) in [7, 11) is -6.95. The van der Waals surface area contributed by atoms with E-state index in [9.17, 15) is 21.6 Å². The summed E-state index contributed by atoms with van der Waals surface area (Å²) < 4.78 is 55.2. The molecule has 2 saturated heterocycles. The summed E-state index contributed by atoms with van der Waals surface area (Å²) >= 11 is 0. The van der Waals surface area contributed by atoms with Gasteiger partial charge in [0.05, 0.1) is 23.4 Å². The molecule has 9 nitrogen and oxygen atoms in total. The zero-order valence-corrected chi connectivity index (χ0v) is 17.3. The maximum absolute atomic E-state index is 12.7. The average molecular weight is 432 g/mol. The second-order valence-corrected chi connectivity index (χ2v) is 11.3. The molecule has 2 amide bonds. The lowest BCUT2D eigenvalue weighted by molar-refractivity contribution is 0.184. The van der Waals surface area contributed by atoms with Crippen LogP contribution in [0.1, 0.15) is 13.3 Å². The molecule has 0 aromatic heterocycles. The number of anilines is 1. The van der Waals surface area contributed by atoms with Gasteiger partial charge in [-0.2, -0.15) is 4.31 Å². The molecule has 0 unspecified atom stereocenters. The Bertz CT molecular complexity index is 924. The van der Waals surface area contributed by atoms with E-state index < -0.39 is 25.1 Å². The zero-order valence-electron chi connectivity index (χ0n) is 15.7. The summed E-state index contributed by atoms with van der Waals surface area (Å²) in [5, 5.41) is 1.91. The van der Waals surface area contributed by atoms with Crippen molar-refractivity contribution in [2.45, 2.75) is 18.6 Å². The Balaban J connectivity index is 1.56. The standard InChI is InChI=1S/C17H25N3O6S2/c1-2-26-15-5-3-4-14(12-15)18-17(21)19-7-9-20(10-8-19)28(24,25)16-6-11-27(22,23)13-16/h3-5,12,16H,2,6-11,13H2,1H3,(H,18,21)/t16-/m0/s1. The van der Waals surface area contributed by atoms with E-state index in [1.54, 1.807) is 29.2 Å². The van der Waals surface area contributed by atoms with Gasteiger partial charge in [-0.25, -0.2) is 21.6 Å². The third-order valence-electron chi connectivity index (χ3n) is 4.89. The highest BCUT2D eigenvalue weighted by Gasteiger charge is 2.41. The first-order chi connectivity index (χ1) is 13.2. The van der Waals surface area contributed by atoms with Crippen LogP contribution in [0.4, 0.5) is 10.5 Å². The Hall–Kier alpha value is -1.85. The highest BCUT2D eigenvalue weighted by Crippen LogP contribution is 2.23. The molecule has 1 N–H and O–H groups in total. The highest BCUT2D eigenvalue weighted by molar-refractivity contribution is 7.95. The molecule has 1 aromatic rings. The van der Waals surface area contributed by atoms with E-state index >= 15 is 0 Å². The van der Waals surface area contributed by atoms with Crippen LogP contribution in [-0.2, 0) is 19.9 Å². The largest absolute Gasteiger partial charge is 0.494 e. The number of hydrogen-bond donors (Lipinski definition) is 1. The second-order valence-electron chi connectivity index (χ2n) is 6.85. The molecule has 1 atom stereocenters. The number of ether oxygens (including phenoxy) is 1. The SMILES string of the molecule is CCOc1cccc(NC(=O)N2CCN(S(=O)(=O)[C@H]3CCS(=O)(=O)C3)CC2)c1. The fraction of sp³-hybridized carbons (Fsp3) is 0.588. The summed E-state index contributed by atoms with van der Waals surface area (Å²) in [6, 6.07) is 6.74. The maximum Gasteiger partial charge on any atom is 0.321 e. The molecule has 156 valence electrons. The van der Waals surface area contributed by atoms with Gasteiger partial charge in [0, 0.05) is 37.9 Å². The van der Waals surface area contributed by atoms with Crippen molar-refractivity contribution in [2.75, 3.05) is 49.6 Å². The van der Waals surface area contributed by atoms with Crippen molar-refractivity contribution in [1.82, 2.24) is 9.21 Å². The molecule has 11 heteroatoms. The van der Waals surface area contributed by atoms with Crippen LogP contribution in [0.5, 0.6) is 5.75 Å². The monoisotopic (exact) mass is 431 g/mol. The summed E-state index contributed by atoms with van der Waals surface area (Å²) in [6.07, 6.45) is 0.140. The van der Waals surface area contributed by atoms with Crippen molar-refractivity contribution in [2.24, 2.45) is 0 Å². The first kappa shape index (κ1) is 20.9. The van der Waals surface area contributed by atoms with E-state index in [1.165, 1.54) is 4.31 Å². The van der Waals surface area contributed by atoms with E-state index in [2.05, 4.69) is 5.32 Å². The third kappa shape index (κ3) is 4.76. The number of urea groups is 1. The highest BCUT2D eigenvalue weighted by atomic mass is 32.2. The van der Waals surface area contributed by atoms with Crippen LogP contribution in [0.2, 0.25) is 0 Å². The van der Waals surface area contributed by atoms with Crippen LogP contribution in [0.15, 0.2) is 24.3 Å². The quantitative estimate of drug-likeness (QED) is 0.736. The van der Waals surface area contributed by atoms with E-state index in [0.29, 0.717) is 18.0 Å². The maximum atomic E-state index is 12.7. The molecule has 1 aromatic carbocycles. The molecule has 0 spiro atoms. The van der Waals surface area contributed by atoms with Gasteiger partial charge in [-0.15, -0.1) is 0 Å². The van der Waals surface area contributed by atoms with E-state index in [4.69, 9.17) is 4.74 Å². The molecular weight excluding hydrogens is 406 g/mol. The van der Waals surface area contributed by atoms with Crippen molar-refractivity contribution >= 4 is 31.6 Å². The number of sulfonamides is 1. The van der Waals surface area contributed by atoms with Crippen molar-refractivity contribution in [3.8, 4) is 5.75 Å². The van der Waals surface area contributed by atoms with Gasteiger partial charge in [-0.1, -0.05) is 6.07 Å². The number of rotatable bonds is 5. The lowest BCUT2D eigenvalue weighted by atomic mass is 10.3. The summed E-state index contributed by atoms with van der Waals surface area (Å²) in [5.74, 6) is 0.259. The van der Waals surface area contributed by atoms with Gasteiger partial charge in [0.15, 0.2) is 9.84 Å². The number of hydrogen-bond acceptors (Lipinski definition) is 6. The van der Waals surface area contributed by atoms with Crippen LogP contribution in [0.25, 0.3) is 0 Å². The Morgan fingerprint density at radius 3 is 2.57 bits per heavy atom. The first-order valence-electron chi connectivity index (χ1n) is 9.19. The number of piperazine rings is 1. The molecule has 2 aliphatic heterocycles. The van der Waals surface area contributed by atoms with Gasteiger partial charge in [-0.3, -0.25) is 0 Å². The lowest BCUT2D eigenvalue weighted by Crippen LogP contribution is -2.53. The number of benzene rings is 1. The van der Waals surface area contributed by atoms with Crippen LogP contribution in [-0.4, -0.2) is 81.6 Å². The van der Waals surface area contributed by atoms with Gasteiger partial charge < -0.3 is 15.0 Å². The van der Waals surface area contributed by atoms with Gasteiger partial charge in [0.2, 0.25) is 10.0 Å². The number of nitrogens with one attached hydrogen (secondary N) is 1. The average Bonchev–Trinajstić information content (AvgIpc) is 3.03. The molecule has 2 aliphatic rings. The Morgan fingerprint density at radius 1 is 1.25 bits per heavy atom. The minimum atomic E-state index is -3.67. The van der Waals surface area contributed by atoms with Crippen molar-refractivity contribution in [1.29, 1.82) is 0 Å². The normalized spacial score (nSPS) is 22.8. The van der Waals surface area contributed by atoms with Crippen LogP contribution < -0.4 is 10.1 Å². The zero-order chi connectivity index (χ0) is 20.4. The van der Waals surface area contributed by atoms with E-state index in [-0.39, 0.29) is 50.1 Å². The van der Waals surface area contributed by atoms with Crippen molar-refractivity contribution < 1.29 is 26.4 Å². The number of sulfone groups is 1. The minimum absolute atomic E-state index is 0.0833. The second kappa shape index (κ2) is 8.26. The molecule has 2 fully saturated rings.